The molecule has 0 rings (SSSR count). The highest BCUT2D eigenvalue weighted by Crippen LogP contribution is 2.41. The SMILES string of the molecule is COP(=O)(O)CCCBr. The van der Waals surface area contributed by atoms with E-state index in [4.69, 9.17) is 4.89 Å². The van der Waals surface area contributed by atoms with Crippen LogP contribution < -0.4 is 0 Å². The fourth-order valence-corrected chi connectivity index (χ4v) is 1.80. The van der Waals surface area contributed by atoms with Crippen molar-refractivity contribution in [3.8, 4) is 0 Å². The predicted molar refractivity (Wildman–Crippen MR) is 40.1 cm³/mol. The quantitative estimate of drug-likeness (QED) is 0.574. The summed E-state index contributed by atoms with van der Waals surface area (Å²) in [5, 5.41) is 0.737. The van der Waals surface area contributed by atoms with Gasteiger partial charge in [-0.15, -0.1) is 0 Å². The Morgan fingerprint density at radius 2 is 2.33 bits per heavy atom. The van der Waals surface area contributed by atoms with Gasteiger partial charge < -0.3 is 9.42 Å². The van der Waals surface area contributed by atoms with E-state index in [1.54, 1.807) is 0 Å². The van der Waals surface area contributed by atoms with E-state index < -0.39 is 7.60 Å². The second kappa shape index (κ2) is 4.45. The van der Waals surface area contributed by atoms with Crippen LogP contribution in [-0.2, 0) is 9.09 Å². The molecule has 0 saturated carbocycles. The van der Waals surface area contributed by atoms with Crippen LogP contribution in [0, 0.1) is 0 Å². The smallest absolute Gasteiger partial charge is 0.324 e. The first kappa shape index (κ1) is 9.63. The maximum atomic E-state index is 10.7. The molecule has 1 unspecified atom stereocenters. The number of hydrogen-bond acceptors (Lipinski definition) is 2. The van der Waals surface area contributed by atoms with Crippen LogP contribution >= 0.6 is 23.5 Å². The summed E-state index contributed by atoms with van der Waals surface area (Å²) in [7, 11) is -1.97. The molecule has 0 saturated heterocycles. The molecule has 1 atom stereocenters. The summed E-state index contributed by atoms with van der Waals surface area (Å²) in [6.07, 6.45) is 0.899. The van der Waals surface area contributed by atoms with Crippen molar-refractivity contribution in [1.82, 2.24) is 0 Å². The highest BCUT2D eigenvalue weighted by Gasteiger charge is 2.14. The molecule has 0 aliphatic carbocycles. The Morgan fingerprint density at radius 1 is 1.78 bits per heavy atom. The molecule has 0 aliphatic heterocycles. The van der Waals surface area contributed by atoms with Crippen LogP contribution in [0.5, 0.6) is 0 Å². The maximum absolute atomic E-state index is 10.7. The summed E-state index contributed by atoms with van der Waals surface area (Å²) in [5.41, 5.74) is 0. The third kappa shape index (κ3) is 5.09. The van der Waals surface area contributed by atoms with E-state index in [1.807, 2.05) is 0 Å². The summed E-state index contributed by atoms with van der Waals surface area (Å²) >= 11 is 3.14. The van der Waals surface area contributed by atoms with Crippen molar-refractivity contribution in [2.75, 3.05) is 18.6 Å². The Bertz CT molecular complexity index is 116. The lowest BCUT2D eigenvalue weighted by Gasteiger charge is -2.05. The molecule has 0 spiro atoms. The van der Waals surface area contributed by atoms with Crippen molar-refractivity contribution in [1.29, 1.82) is 0 Å². The lowest BCUT2D eigenvalue weighted by molar-refractivity contribution is 0.315. The Hall–Kier alpha value is 0.630. The molecule has 0 aliphatic rings. The van der Waals surface area contributed by atoms with E-state index in [0.717, 1.165) is 5.33 Å². The van der Waals surface area contributed by atoms with Crippen LogP contribution in [0.4, 0.5) is 0 Å². The molecule has 56 valence electrons. The van der Waals surface area contributed by atoms with Crippen LogP contribution in [0.25, 0.3) is 0 Å². The van der Waals surface area contributed by atoms with Crippen LogP contribution in [0.2, 0.25) is 0 Å². The Kier molecular flexibility index (Phi) is 4.76. The van der Waals surface area contributed by atoms with E-state index in [2.05, 4.69) is 20.5 Å². The number of halogens is 1. The van der Waals surface area contributed by atoms with Crippen LogP contribution in [0.1, 0.15) is 6.42 Å². The van der Waals surface area contributed by atoms with Gasteiger partial charge in [0.2, 0.25) is 0 Å². The summed E-state index contributed by atoms with van der Waals surface area (Å²) in [4.78, 5) is 8.77. The zero-order valence-electron chi connectivity index (χ0n) is 5.21. The molecule has 0 amide bonds. The summed E-state index contributed by atoms with van der Waals surface area (Å²) in [6, 6.07) is 0. The average molecular weight is 217 g/mol. The van der Waals surface area contributed by atoms with Crippen molar-refractivity contribution < 1.29 is 14.0 Å². The second-order valence-corrected chi connectivity index (χ2v) is 4.47. The molecule has 0 radical (unpaired) electrons. The summed E-state index contributed by atoms with van der Waals surface area (Å²) in [6.45, 7) is 0. The van der Waals surface area contributed by atoms with Crippen molar-refractivity contribution in [2.45, 2.75) is 6.42 Å². The highest BCUT2D eigenvalue weighted by molar-refractivity contribution is 9.09. The second-order valence-electron chi connectivity index (χ2n) is 1.59. The maximum Gasteiger partial charge on any atom is 0.327 e. The molecule has 3 nitrogen and oxygen atoms in total. The van der Waals surface area contributed by atoms with Gasteiger partial charge in [0.05, 0.1) is 6.16 Å². The fourth-order valence-electron chi connectivity index (χ4n) is 0.351. The lowest BCUT2D eigenvalue weighted by Crippen LogP contribution is -1.90. The van der Waals surface area contributed by atoms with E-state index in [1.165, 1.54) is 7.11 Å². The fraction of sp³-hybridized carbons (Fsp3) is 1.00. The minimum atomic E-state index is -3.22. The van der Waals surface area contributed by atoms with Crippen LogP contribution in [0.3, 0.4) is 0 Å². The highest BCUT2D eigenvalue weighted by atomic mass is 79.9. The van der Waals surface area contributed by atoms with Crippen molar-refractivity contribution >= 4 is 23.5 Å². The molecule has 0 aromatic heterocycles. The van der Waals surface area contributed by atoms with Crippen LogP contribution in [0.15, 0.2) is 0 Å². The van der Waals surface area contributed by atoms with Gasteiger partial charge in [-0.3, -0.25) is 4.57 Å². The average Bonchev–Trinajstić information content (AvgIpc) is 1.84. The standard InChI is InChI=1S/C4H10BrO3P/c1-8-9(6,7)4-2-3-5/h2-4H2,1H3,(H,6,7). The Labute approximate surface area is 63.1 Å². The van der Waals surface area contributed by atoms with Gasteiger partial charge in [0, 0.05) is 12.4 Å². The normalized spacial score (nSPS) is 17.2. The Morgan fingerprint density at radius 3 is 2.67 bits per heavy atom. The molecule has 5 heteroatoms. The lowest BCUT2D eigenvalue weighted by atomic mass is 10.6. The molecular weight excluding hydrogens is 207 g/mol. The monoisotopic (exact) mass is 216 g/mol. The first-order valence-electron chi connectivity index (χ1n) is 2.56. The number of hydrogen-bond donors (Lipinski definition) is 1. The van der Waals surface area contributed by atoms with E-state index in [-0.39, 0.29) is 6.16 Å². The van der Waals surface area contributed by atoms with Gasteiger partial charge in [-0.05, 0) is 6.42 Å². The van der Waals surface area contributed by atoms with Gasteiger partial charge in [0.15, 0.2) is 0 Å². The van der Waals surface area contributed by atoms with Crippen molar-refractivity contribution in [3.05, 3.63) is 0 Å². The van der Waals surface area contributed by atoms with E-state index in [9.17, 15) is 4.57 Å². The molecular formula is C4H10BrO3P. The number of alkyl halides is 1. The molecule has 9 heavy (non-hydrogen) atoms. The van der Waals surface area contributed by atoms with Gasteiger partial charge in [-0.25, -0.2) is 0 Å². The first-order chi connectivity index (χ1) is 4.12. The van der Waals surface area contributed by atoms with Gasteiger partial charge in [-0.1, -0.05) is 15.9 Å². The van der Waals surface area contributed by atoms with Gasteiger partial charge >= 0.3 is 7.60 Å². The van der Waals surface area contributed by atoms with Crippen molar-refractivity contribution in [2.24, 2.45) is 0 Å². The molecule has 0 aromatic rings. The predicted octanol–water partition coefficient (Wildman–Crippen LogP) is 1.60. The van der Waals surface area contributed by atoms with Gasteiger partial charge in [0.25, 0.3) is 0 Å². The zero-order valence-corrected chi connectivity index (χ0v) is 7.69. The molecule has 0 bridgehead atoms. The minimum Gasteiger partial charge on any atom is -0.324 e. The Balaban J connectivity index is 3.46. The zero-order chi connectivity index (χ0) is 7.33. The molecule has 1 N–H and O–H groups in total. The largest absolute Gasteiger partial charge is 0.327 e. The van der Waals surface area contributed by atoms with Gasteiger partial charge in [-0.2, -0.15) is 0 Å². The molecule has 0 fully saturated rings. The van der Waals surface area contributed by atoms with Gasteiger partial charge in [0.1, 0.15) is 0 Å². The minimum absolute atomic E-state index is 0.231. The van der Waals surface area contributed by atoms with E-state index in [0.29, 0.717) is 6.42 Å². The van der Waals surface area contributed by atoms with Crippen molar-refractivity contribution in [3.63, 3.8) is 0 Å². The number of rotatable bonds is 4. The topological polar surface area (TPSA) is 46.5 Å². The third-order valence-electron chi connectivity index (χ3n) is 0.860. The van der Waals surface area contributed by atoms with E-state index >= 15 is 0 Å². The summed E-state index contributed by atoms with van der Waals surface area (Å²) in [5.74, 6) is 0. The third-order valence-corrected chi connectivity index (χ3v) is 2.87. The molecule has 0 heterocycles. The first-order valence-corrected chi connectivity index (χ1v) is 5.44. The summed E-state index contributed by atoms with van der Waals surface area (Å²) < 4.78 is 15.0. The van der Waals surface area contributed by atoms with Crippen LogP contribution in [-0.4, -0.2) is 23.5 Å². The molecule has 0 aromatic carbocycles.